The second kappa shape index (κ2) is 4.98. The first kappa shape index (κ1) is 9.15. The summed E-state index contributed by atoms with van der Waals surface area (Å²) in [5, 5.41) is 0. The number of halogens is 1. The Kier molecular flexibility index (Phi) is 4.55. The van der Waals surface area contributed by atoms with Crippen molar-refractivity contribution in [2.45, 2.75) is 13.8 Å². The van der Waals surface area contributed by atoms with Gasteiger partial charge in [0.15, 0.2) is 0 Å². The van der Waals surface area contributed by atoms with E-state index in [-0.39, 0.29) is 0 Å². The third-order valence-corrected chi connectivity index (χ3v) is 1.02. The molecule has 0 saturated carbocycles. The zero-order valence-electron chi connectivity index (χ0n) is 6.52. The average Bonchev–Trinajstić information content (AvgIpc) is 1.88. The van der Waals surface area contributed by atoms with Gasteiger partial charge in [-0.3, -0.25) is 0 Å². The van der Waals surface area contributed by atoms with Gasteiger partial charge in [-0.1, -0.05) is 24.8 Å². The summed E-state index contributed by atoms with van der Waals surface area (Å²) in [6.07, 6.45) is 5.46. The molecular formula is C9H13F. The molecule has 0 unspecified atom stereocenters. The van der Waals surface area contributed by atoms with Crippen LogP contribution in [0.3, 0.4) is 0 Å². The molecule has 0 atom stereocenters. The van der Waals surface area contributed by atoms with Gasteiger partial charge in [-0.15, -0.1) is 0 Å². The Labute approximate surface area is 61.8 Å². The van der Waals surface area contributed by atoms with E-state index in [0.29, 0.717) is 5.57 Å². The standard InChI is InChI=1S/C9H13F/c1-4-5-8(2)6-9(3)7-10/h4-6H,2,7H2,1,3H3/b5-4-,9-6+. The van der Waals surface area contributed by atoms with Gasteiger partial charge in [0.05, 0.1) is 0 Å². The van der Waals surface area contributed by atoms with Crippen molar-refractivity contribution in [3.63, 3.8) is 0 Å². The van der Waals surface area contributed by atoms with Crippen molar-refractivity contribution < 1.29 is 4.39 Å². The molecule has 0 rings (SSSR count). The number of alkyl halides is 1. The van der Waals surface area contributed by atoms with Crippen molar-refractivity contribution >= 4 is 0 Å². The average molecular weight is 140 g/mol. The lowest BCUT2D eigenvalue weighted by molar-refractivity contribution is 0.543. The van der Waals surface area contributed by atoms with Crippen LogP contribution in [0, 0.1) is 0 Å². The molecule has 0 aliphatic carbocycles. The predicted octanol–water partition coefficient (Wildman–Crippen LogP) is 3.03. The van der Waals surface area contributed by atoms with Gasteiger partial charge in [0.2, 0.25) is 0 Å². The van der Waals surface area contributed by atoms with Crippen LogP contribution in [0.1, 0.15) is 13.8 Å². The number of hydrogen-bond donors (Lipinski definition) is 0. The summed E-state index contributed by atoms with van der Waals surface area (Å²) in [6, 6.07) is 0. The number of rotatable bonds is 3. The molecular weight excluding hydrogens is 127 g/mol. The monoisotopic (exact) mass is 140 g/mol. The Hall–Kier alpha value is -0.850. The molecule has 0 aromatic rings. The molecule has 0 amide bonds. The Morgan fingerprint density at radius 2 is 2.20 bits per heavy atom. The van der Waals surface area contributed by atoms with Crippen LogP contribution in [0.5, 0.6) is 0 Å². The van der Waals surface area contributed by atoms with Crippen molar-refractivity contribution in [2.75, 3.05) is 6.67 Å². The summed E-state index contributed by atoms with van der Waals surface area (Å²) < 4.78 is 11.9. The highest BCUT2D eigenvalue weighted by molar-refractivity contribution is 5.29. The zero-order chi connectivity index (χ0) is 7.98. The Bertz CT molecular complexity index is 164. The third-order valence-electron chi connectivity index (χ3n) is 1.02. The predicted molar refractivity (Wildman–Crippen MR) is 43.7 cm³/mol. The zero-order valence-corrected chi connectivity index (χ0v) is 6.52. The first-order valence-corrected chi connectivity index (χ1v) is 3.25. The SMILES string of the molecule is C=C(/C=C\C)/C=C(\C)CF. The highest BCUT2D eigenvalue weighted by atomic mass is 19.1. The van der Waals surface area contributed by atoms with Crippen LogP contribution in [0.25, 0.3) is 0 Å². The fourth-order valence-electron chi connectivity index (χ4n) is 0.617. The van der Waals surface area contributed by atoms with Gasteiger partial charge in [0, 0.05) is 0 Å². The van der Waals surface area contributed by atoms with Crippen molar-refractivity contribution in [3.05, 3.63) is 36.0 Å². The van der Waals surface area contributed by atoms with Crippen LogP contribution in [0.2, 0.25) is 0 Å². The molecule has 0 aromatic heterocycles. The first-order chi connectivity index (χ1) is 4.70. The molecule has 56 valence electrons. The van der Waals surface area contributed by atoms with E-state index in [1.165, 1.54) is 0 Å². The summed E-state index contributed by atoms with van der Waals surface area (Å²) in [5.41, 5.74) is 1.56. The van der Waals surface area contributed by atoms with E-state index in [1.807, 2.05) is 19.1 Å². The minimum atomic E-state index is -0.392. The molecule has 0 aromatic carbocycles. The molecule has 0 nitrogen and oxygen atoms in total. The fraction of sp³-hybridized carbons (Fsp3) is 0.333. The van der Waals surface area contributed by atoms with Crippen LogP contribution >= 0.6 is 0 Å². The van der Waals surface area contributed by atoms with Crippen molar-refractivity contribution in [3.8, 4) is 0 Å². The van der Waals surface area contributed by atoms with Gasteiger partial charge in [0.1, 0.15) is 6.67 Å². The van der Waals surface area contributed by atoms with E-state index in [9.17, 15) is 4.39 Å². The van der Waals surface area contributed by atoms with Crippen molar-refractivity contribution in [1.29, 1.82) is 0 Å². The van der Waals surface area contributed by atoms with Crippen LogP contribution in [0.15, 0.2) is 36.0 Å². The van der Waals surface area contributed by atoms with E-state index in [0.717, 1.165) is 5.57 Å². The van der Waals surface area contributed by atoms with Gasteiger partial charge < -0.3 is 0 Å². The summed E-state index contributed by atoms with van der Waals surface area (Å²) in [4.78, 5) is 0. The Morgan fingerprint density at radius 3 is 2.60 bits per heavy atom. The van der Waals surface area contributed by atoms with Gasteiger partial charge in [0.25, 0.3) is 0 Å². The molecule has 1 heteroatoms. The van der Waals surface area contributed by atoms with E-state index < -0.39 is 6.67 Å². The summed E-state index contributed by atoms with van der Waals surface area (Å²) in [5.74, 6) is 0. The van der Waals surface area contributed by atoms with Gasteiger partial charge in [-0.25, -0.2) is 4.39 Å². The van der Waals surface area contributed by atoms with Crippen molar-refractivity contribution in [1.82, 2.24) is 0 Å². The smallest absolute Gasteiger partial charge is 0.111 e. The second-order valence-electron chi connectivity index (χ2n) is 2.20. The Balaban J connectivity index is 4.00. The Morgan fingerprint density at radius 1 is 1.60 bits per heavy atom. The highest BCUT2D eigenvalue weighted by Crippen LogP contribution is 2.01. The maximum atomic E-state index is 11.9. The van der Waals surface area contributed by atoms with Crippen molar-refractivity contribution in [2.24, 2.45) is 0 Å². The molecule has 0 spiro atoms. The normalized spacial score (nSPS) is 12.5. The molecule has 0 aliphatic rings. The fourth-order valence-corrected chi connectivity index (χ4v) is 0.617. The minimum Gasteiger partial charge on any atom is -0.246 e. The molecule has 0 fully saturated rings. The number of hydrogen-bond acceptors (Lipinski definition) is 0. The molecule has 0 saturated heterocycles. The van der Waals surface area contributed by atoms with E-state index in [1.54, 1.807) is 13.0 Å². The quantitative estimate of drug-likeness (QED) is 0.528. The van der Waals surface area contributed by atoms with Gasteiger partial charge in [-0.2, -0.15) is 0 Å². The third kappa shape index (κ3) is 4.07. The molecule has 10 heavy (non-hydrogen) atoms. The molecule has 0 heterocycles. The maximum absolute atomic E-state index is 11.9. The largest absolute Gasteiger partial charge is 0.246 e. The molecule has 0 N–H and O–H groups in total. The van der Waals surface area contributed by atoms with E-state index >= 15 is 0 Å². The van der Waals surface area contributed by atoms with E-state index in [2.05, 4.69) is 6.58 Å². The topological polar surface area (TPSA) is 0 Å². The lowest BCUT2D eigenvalue weighted by Gasteiger charge is -1.91. The minimum absolute atomic E-state index is 0.392. The summed E-state index contributed by atoms with van der Waals surface area (Å²) in [6.45, 7) is 6.96. The molecule has 0 aliphatic heterocycles. The van der Waals surface area contributed by atoms with Crippen LogP contribution < -0.4 is 0 Å². The van der Waals surface area contributed by atoms with Gasteiger partial charge in [-0.05, 0) is 25.0 Å². The lowest BCUT2D eigenvalue weighted by atomic mass is 10.2. The first-order valence-electron chi connectivity index (χ1n) is 3.25. The van der Waals surface area contributed by atoms with Crippen LogP contribution in [0.4, 0.5) is 4.39 Å². The number of allylic oxidation sites excluding steroid dienone is 5. The summed E-state index contributed by atoms with van der Waals surface area (Å²) in [7, 11) is 0. The lowest BCUT2D eigenvalue weighted by Crippen LogP contribution is -1.78. The summed E-state index contributed by atoms with van der Waals surface area (Å²) >= 11 is 0. The van der Waals surface area contributed by atoms with Gasteiger partial charge >= 0.3 is 0 Å². The second-order valence-corrected chi connectivity index (χ2v) is 2.20. The van der Waals surface area contributed by atoms with Crippen LogP contribution in [-0.4, -0.2) is 6.67 Å². The van der Waals surface area contributed by atoms with E-state index in [4.69, 9.17) is 0 Å². The highest BCUT2D eigenvalue weighted by Gasteiger charge is 1.85. The molecule has 0 radical (unpaired) electrons. The maximum Gasteiger partial charge on any atom is 0.111 e. The van der Waals surface area contributed by atoms with Crippen LogP contribution in [-0.2, 0) is 0 Å². The molecule has 0 bridgehead atoms.